The molecule has 2 aromatic rings. The molecule has 0 aliphatic carbocycles. The third kappa shape index (κ3) is 4.30. The Kier molecular flexibility index (Phi) is 6.01. The summed E-state index contributed by atoms with van der Waals surface area (Å²) in [7, 11) is 1.79. The Morgan fingerprint density at radius 2 is 1.61 bits per heavy atom. The van der Waals surface area contributed by atoms with E-state index >= 15 is 0 Å². The predicted octanol–water partition coefficient (Wildman–Crippen LogP) is 3.43. The SMILES string of the molecule is CC(C)C1NC(=O)C2(CCN(Cc3ccc(Oc4ccccc4)cc3)CC2)N(C)C1=O. The molecule has 6 nitrogen and oxygen atoms in total. The lowest BCUT2D eigenvalue weighted by Gasteiger charge is -2.50. The maximum absolute atomic E-state index is 13.0. The second-order valence-corrected chi connectivity index (χ2v) is 8.96. The zero-order chi connectivity index (χ0) is 22.0. The van der Waals surface area contributed by atoms with Crippen molar-refractivity contribution >= 4 is 11.8 Å². The van der Waals surface area contributed by atoms with Gasteiger partial charge in [-0.1, -0.05) is 44.2 Å². The number of nitrogens with zero attached hydrogens (tertiary/aromatic N) is 2. The molecule has 164 valence electrons. The van der Waals surface area contributed by atoms with Crippen LogP contribution in [0.2, 0.25) is 0 Å². The van der Waals surface area contributed by atoms with Crippen LogP contribution in [0.3, 0.4) is 0 Å². The standard InChI is InChI=1S/C25H31N3O3/c1-18(2)22-23(29)27(3)25(24(30)26-22)13-15-28(16-14-25)17-19-9-11-21(12-10-19)31-20-7-5-4-6-8-20/h4-12,18,22H,13-17H2,1-3H3,(H,26,30). The van der Waals surface area contributed by atoms with Crippen molar-refractivity contribution in [3.8, 4) is 11.5 Å². The minimum absolute atomic E-state index is 0.00429. The van der Waals surface area contributed by atoms with Crippen LogP contribution in [0.25, 0.3) is 0 Å². The number of piperidine rings is 1. The summed E-state index contributed by atoms with van der Waals surface area (Å²) in [5.74, 6) is 1.74. The van der Waals surface area contributed by atoms with Crippen LogP contribution in [-0.2, 0) is 16.1 Å². The number of ether oxygens (including phenoxy) is 1. The summed E-state index contributed by atoms with van der Waals surface area (Å²) in [5.41, 5.74) is 0.487. The molecule has 1 unspecified atom stereocenters. The molecule has 2 amide bonds. The molecule has 6 heteroatoms. The number of carbonyl (C=O) groups is 2. The fourth-order valence-corrected chi connectivity index (χ4v) is 4.55. The molecule has 4 rings (SSSR count). The van der Waals surface area contributed by atoms with Crippen molar-refractivity contribution in [2.24, 2.45) is 5.92 Å². The largest absolute Gasteiger partial charge is 0.457 e. The summed E-state index contributed by atoms with van der Waals surface area (Å²) in [4.78, 5) is 29.8. The normalized spacial score (nSPS) is 21.4. The third-order valence-electron chi connectivity index (χ3n) is 6.61. The minimum atomic E-state index is -0.716. The van der Waals surface area contributed by atoms with E-state index in [1.54, 1.807) is 11.9 Å². The molecule has 1 N–H and O–H groups in total. The number of hydrogen-bond acceptors (Lipinski definition) is 4. The van der Waals surface area contributed by atoms with Crippen LogP contribution >= 0.6 is 0 Å². The number of nitrogens with one attached hydrogen (secondary N) is 1. The van der Waals surface area contributed by atoms with E-state index in [4.69, 9.17) is 4.74 Å². The molecule has 0 saturated carbocycles. The monoisotopic (exact) mass is 421 g/mol. The van der Waals surface area contributed by atoms with Crippen LogP contribution < -0.4 is 10.1 Å². The first-order chi connectivity index (χ1) is 14.9. The number of likely N-dealkylation sites (tertiary alicyclic amines) is 1. The number of piperazine rings is 1. The summed E-state index contributed by atoms with van der Waals surface area (Å²) in [6.07, 6.45) is 1.31. The van der Waals surface area contributed by atoms with Gasteiger partial charge in [0, 0.05) is 26.7 Å². The number of para-hydroxylation sites is 1. The summed E-state index contributed by atoms with van der Waals surface area (Å²) in [6.45, 7) is 6.30. The van der Waals surface area contributed by atoms with Crippen LogP contribution in [0.5, 0.6) is 11.5 Å². The number of amides is 2. The van der Waals surface area contributed by atoms with Crippen molar-refractivity contribution in [2.45, 2.75) is 44.8 Å². The molecule has 2 aliphatic heterocycles. The van der Waals surface area contributed by atoms with Crippen molar-refractivity contribution in [1.82, 2.24) is 15.1 Å². The molecule has 0 bridgehead atoms. The van der Waals surface area contributed by atoms with Gasteiger partial charge >= 0.3 is 0 Å². The van der Waals surface area contributed by atoms with Crippen LogP contribution in [0.4, 0.5) is 0 Å². The topological polar surface area (TPSA) is 61.9 Å². The van der Waals surface area contributed by atoms with E-state index in [1.807, 2.05) is 56.3 Å². The molecular formula is C25H31N3O3. The third-order valence-corrected chi connectivity index (χ3v) is 6.61. The molecule has 0 radical (unpaired) electrons. The average molecular weight is 422 g/mol. The fraction of sp³-hybridized carbons (Fsp3) is 0.440. The van der Waals surface area contributed by atoms with Gasteiger partial charge in [0.1, 0.15) is 23.1 Å². The Morgan fingerprint density at radius 3 is 2.23 bits per heavy atom. The Bertz CT molecular complexity index is 919. The van der Waals surface area contributed by atoms with Gasteiger partial charge in [0.05, 0.1) is 0 Å². The second kappa shape index (κ2) is 8.71. The summed E-state index contributed by atoms with van der Waals surface area (Å²) in [5, 5.41) is 2.98. The molecule has 1 atom stereocenters. The van der Waals surface area contributed by atoms with Crippen LogP contribution in [0.1, 0.15) is 32.3 Å². The first-order valence-corrected chi connectivity index (χ1v) is 11.0. The van der Waals surface area contributed by atoms with E-state index in [-0.39, 0.29) is 17.7 Å². The summed E-state index contributed by atoms with van der Waals surface area (Å²) >= 11 is 0. The van der Waals surface area contributed by atoms with Crippen LogP contribution in [-0.4, -0.2) is 53.3 Å². The highest BCUT2D eigenvalue weighted by Gasteiger charge is 2.52. The van der Waals surface area contributed by atoms with Crippen molar-refractivity contribution in [3.05, 3.63) is 60.2 Å². The highest BCUT2D eigenvalue weighted by molar-refractivity contribution is 5.99. The van der Waals surface area contributed by atoms with Crippen molar-refractivity contribution < 1.29 is 14.3 Å². The molecular weight excluding hydrogens is 390 g/mol. The molecule has 0 aromatic heterocycles. The van der Waals surface area contributed by atoms with E-state index in [0.717, 1.165) is 31.1 Å². The maximum Gasteiger partial charge on any atom is 0.246 e. The van der Waals surface area contributed by atoms with E-state index in [9.17, 15) is 9.59 Å². The van der Waals surface area contributed by atoms with E-state index in [1.165, 1.54) is 5.56 Å². The molecule has 31 heavy (non-hydrogen) atoms. The number of benzene rings is 2. The second-order valence-electron chi connectivity index (χ2n) is 8.96. The molecule has 2 heterocycles. The van der Waals surface area contributed by atoms with Gasteiger partial charge in [-0.3, -0.25) is 14.5 Å². The zero-order valence-electron chi connectivity index (χ0n) is 18.5. The maximum atomic E-state index is 13.0. The van der Waals surface area contributed by atoms with Gasteiger partial charge in [-0.15, -0.1) is 0 Å². The first kappa shape index (κ1) is 21.4. The van der Waals surface area contributed by atoms with E-state index in [0.29, 0.717) is 12.8 Å². The van der Waals surface area contributed by atoms with Crippen molar-refractivity contribution in [1.29, 1.82) is 0 Å². The molecule has 1 spiro atoms. The number of carbonyl (C=O) groups excluding carboxylic acids is 2. The highest BCUT2D eigenvalue weighted by atomic mass is 16.5. The lowest BCUT2D eigenvalue weighted by molar-refractivity contribution is -0.160. The van der Waals surface area contributed by atoms with Crippen LogP contribution in [0, 0.1) is 5.92 Å². The first-order valence-electron chi connectivity index (χ1n) is 11.0. The smallest absolute Gasteiger partial charge is 0.246 e. The highest BCUT2D eigenvalue weighted by Crippen LogP contribution is 2.33. The van der Waals surface area contributed by atoms with Crippen LogP contribution in [0.15, 0.2) is 54.6 Å². The van der Waals surface area contributed by atoms with Gasteiger partial charge in [-0.05, 0) is 48.6 Å². The number of likely N-dealkylation sites (N-methyl/N-ethyl adjacent to an activating group) is 1. The summed E-state index contributed by atoms with van der Waals surface area (Å²) < 4.78 is 5.86. The number of rotatable bonds is 5. The lowest BCUT2D eigenvalue weighted by Crippen LogP contribution is -2.72. The molecule has 2 aromatic carbocycles. The molecule has 2 fully saturated rings. The molecule has 2 saturated heterocycles. The average Bonchev–Trinajstić information content (AvgIpc) is 2.78. The Labute approximate surface area is 184 Å². The Morgan fingerprint density at radius 1 is 1.00 bits per heavy atom. The van der Waals surface area contributed by atoms with Gasteiger partial charge in [0.2, 0.25) is 11.8 Å². The Balaban J connectivity index is 1.35. The van der Waals surface area contributed by atoms with Gasteiger partial charge in [-0.2, -0.15) is 0 Å². The van der Waals surface area contributed by atoms with E-state index in [2.05, 4.69) is 22.3 Å². The fourth-order valence-electron chi connectivity index (χ4n) is 4.55. The van der Waals surface area contributed by atoms with Gasteiger partial charge < -0.3 is 15.0 Å². The predicted molar refractivity (Wildman–Crippen MR) is 120 cm³/mol. The lowest BCUT2D eigenvalue weighted by atomic mass is 9.81. The quantitative estimate of drug-likeness (QED) is 0.804. The zero-order valence-corrected chi connectivity index (χ0v) is 18.5. The van der Waals surface area contributed by atoms with E-state index < -0.39 is 11.6 Å². The van der Waals surface area contributed by atoms with Crippen molar-refractivity contribution in [3.63, 3.8) is 0 Å². The minimum Gasteiger partial charge on any atom is -0.457 e. The van der Waals surface area contributed by atoms with Gasteiger partial charge in [0.25, 0.3) is 0 Å². The summed E-state index contributed by atoms with van der Waals surface area (Å²) in [6, 6.07) is 17.5. The van der Waals surface area contributed by atoms with Gasteiger partial charge in [-0.25, -0.2) is 0 Å². The Hall–Kier alpha value is -2.86. The van der Waals surface area contributed by atoms with Gasteiger partial charge in [0.15, 0.2) is 0 Å². The molecule has 2 aliphatic rings. The van der Waals surface area contributed by atoms with Crippen molar-refractivity contribution in [2.75, 3.05) is 20.1 Å². The number of hydrogen-bond donors (Lipinski definition) is 1.